The third kappa shape index (κ3) is 4.18. The Balaban J connectivity index is 1.94. The molecule has 0 N–H and O–H groups in total. The molecule has 0 aliphatic rings. The molecule has 1 aromatic heterocycles. The van der Waals surface area contributed by atoms with Gasteiger partial charge in [-0.15, -0.1) is 0 Å². The van der Waals surface area contributed by atoms with Crippen LogP contribution in [0.5, 0.6) is 5.75 Å². The van der Waals surface area contributed by atoms with Gasteiger partial charge in [0.15, 0.2) is 0 Å². The number of halogens is 2. The zero-order valence-corrected chi connectivity index (χ0v) is 19.3. The molecule has 0 saturated heterocycles. The summed E-state index contributed by atoms with van der Waals surface area (Å²) in [6.07, 6.45) is 0. The number of ether oxygens (including phenoxy) is 1. The smallest absolute Gasteiger partial charge is 0.261 e. The van der Waals surface area contributed by atoms with E-state index in [1.54, 1.807) is 25.3 Å². The lowest BCUT2D eigenvalue weighted by Gasteiger charge is -2.23. The van der Waals surface area contributed by atoms with Crippen molar-refractivity contribution < 1.29 is 9.26 Å². The van der Waals surface area contributed by atoms with Gasteiger partial charge in [0.25, 0.3) is 5.89 Å². The van der Waals surface area contributed by atoms with Crippen molar-refractivity contribution in [2.75, 3.05) is 7.11 Å². The molecule has 0 spiro atoms. The Bertz CT molecular complexity index is 1210. The first-order valence-corrected chi connectivity index (χ1v) is 10.6. The first-order chi connectivity index (χ1) is 14.8. The van der Waals surface area contributed by atoms with Crippen LogP contribution in [-0.2, 0) is 5.41 Å². The molecule has 0 radical (unpaired) electrons. The maximum atomic E-state index is 6.33. The summed E-state index contributed by atoms with van der Waals surface area (Å²) >= 11 is 12.7. The Morgan fingerprint density at radius 2 is 1.52 bits per heavy atom. The molecule has 0 unspecified atom stereocenters. The second kappa shape index (κ2) is 8.37. The van der Waals surface area contributed by atoms with Gasteiger partial charge in [-0.1, -0.05) is 85.5 Å². The molecule has 6 heteroatoms. The van der Waals surface area contributed by atoms with Crippen molar-refractivity contribution in [2.45, 2.75) is 26.2 Å². The van der Waals surface area contributed by atoms with Gasteiger partial charge < -0.3 is 9.26 Å². The van der Waals surface area contributed by atoms with Crippen LogP contribution >= 0.6 is 23.2 Å². The van der Waals surface area contributed by atoms with E-state index in [1.165, 1.54) is 0 Å². The van der Waals surface area contributed by atoms with Crippen LogP contribution < -0.4 is 4.74 Å². The van der Waals surface area contributed by atoms with E-state index < -0.39 is 0 Å². The summed E-state index contributed by atoms with van der Waals surface area (Å²) in [5, 5.41) is 5.12. The minimum Gasteiger partial charge on any atom is -0.495 e. The second-order valence-electron chi connectivity index (χ2n) is 8.24. The predicted octanol–water partition coefficient (Wildman–Crippen LogP) is 7.68. The average molecular weight is 453 g/mol. The van der Waals surface area contributed by atoms with Gasteiger partial charge in [0.1, 0.15) is 5.75 Å². The lowest BCUT2D eigenvalue weighted by Crippen LogP contribution is -2.12. The number of aromatic nitrogens is 2. The summed E-state index contributed by atoms with van der Waals surface area (Å²) in [6.45, 7) is 6.50. The fourth-order valence-electron chi connectivity index (χ4n) is 3.42. The standard InChI is InChI=1S/C25H22Cl2N2O2/c1-25(2,3)16-13-17(15-9-6-5-7-10-15)22(30-4)18(14-16)23-28-24(31-29-23)21-19(26)11-8-12-20(21)27/h5-14H,1-4H3. The molecule has 1 heterocycles. The Morgan fingerprint density at radius 1 is 0.871 bits per heavy atom. The molecule has 0 saturated carbocycles. The number of hydrogen-bond donors (Lipinski definition) is 0. The Morgan fingerprint density at radius 3 is 2.13 bits per heavy atom. The molecule has 0 fully saturated rings. The summed E-state index contributed by atoms with van der Waals surface area (Å²) in [7, 11) is 1.65. The Hall–Kier alpha value is -2.82. The first-order valence-electron chi connectivity index (χ1n) is 9.86. The Kier molecular flexibility index (Phi) is 5.78. The highest BCUT2D eigenvalue weighted by Crippen LogP contribution is 2.43. The summed E-state index contributed by atoms with van der Waals surface area (Å²) in [6, 6.07) is 19.6. The van der Waals surface area contributed by atoms with E-state index in [1.807, 2.05) is 24.3 Å². The minimum absolute atomic E-state index is 0.0941. The van der Waals surface area contributed by atoms with Crippen LogP contribution in [0, 0.1) is 0 Å². The minimum atomic E-state index is -0.0941. The number of methoxy groups -OCH3 is 1. The number of hydrogen-bond acceptors (Lipinski definition) is 4. The molecule has 0 amide bonds. The second-order valence-corrected chi connectivity index (χ2v) is 9.05. The summed E-state index contributed by atoms with van der Waals surface area (Å²) in [5.41, 5.74) is 4.30. The molecule has 0 aliphatic carbocycles. The number of rotatable bonds is 4. The molecule has 0 aliphatic heterocycles. The van der Waals surface area contributed by atoms with Crippen molar-refractivity contribution in [3.8, 4) is 39.7 Å². The fraction of sp³-hybridized carbons (Fsp3) is 0.200. The molecule has 31 heavy (non-hydrogen) atoms. The quantitative estimate of drug-likeness (QED) is 0.318. The predicted molar refractivity (Wildman–Crippen MR) is 126 cm³/mol. The van der Waals surface area contributed by atoms with Crippen LogP contribution in [0.15, 0.2) is 65.2 Å². The van der Waals surface area contributed by atoms with Crippen LogP contribution in [0.4, 0.5) is 0 Å². The van der Waals surface area contributed by atoms with Crippen molar-refractivity contribution in [3.05, 3.63) is 76.3 Å². The highest BCUT2D eigenvalue weighted by atomic mass is 35.5. The van der Waals surface area contributed by atoms with Crippen molar-refractivity contribution in [3.63, 3.8) is 0 Å². The van der Waals surface area contributed by atoms with Gasteiger partial charge in [0, 0.05) is 5.56 Å². The zero-order valence-electron chi connectivity index (χ0n) is 17.7. The van der Waals surface area contributed by atoms with Crippen LogP contribution in [0.1, 0.15) is 26.3 Å². The zero-order chi connectivity index (χ0) is 22.2. The topological polar surface area (TPSA) is 48.2 Å². The molecule has 158 valence electrons. The monoisotopic (exact) mass is 452 g/mol. The van der Waals surface area contributed by atoms with E-state index in [9.17, 15) is 0 Å². The van der Waals surface area contributed by atoms with E-state index in [2.05, 4.69) is 49.1 Å². The maximum absolute atomic E-state index is 6.33. The van der Waals surface area contributed by atoms with Crippen molar-refractivity contribution in [1.29, 1.82) is 0 Å². The van der Waals surface area contributed by atoms with Crippen LogP contribution in [-0.4, -0.2) is 17.3 Å². The summed E-state index contributed by atoms with van der Waals surface area (Å²) < 4.78 is 11.4. The van der Waals surface area contributed by atoms with Gasteiger partial charge in [-0.3, -0.25) is 0 Å². The van der Waals surface area contributed by atoms with Crippen molar-refractivity contribution in [2.24, 2.45) is 0 Å². The Labute approximate surface area is 191 Å². The lowest BCUT2D eigenvalue weighted by atomic mass is 9.83. The maximum Gasteiger partial charge on any atom is 0.261 e. The van der Waals surface area contributed by atoms with E-state index in [4.69, 9.17) is 32.5 Å². The molecule has 0 atom stereocenters. The van der Waals surface area contributed by atoms with Crippen LogP contribution in [0.2, 0.25) is 10.0 Å². The van der Waals surface area contributed by atoms with Gasteiger partial charge in [0.2, 0.25) is 5.82 Å². The van der Waals surface area contributed by atoms with Crippen LogP contribution in [0.25, 0.3) is 34.0 Å². The van der Waals surface area contributed by atoms with Crippen molar-refractivity contribution >= 4 is 23.2 Å². The summed E-state index contributed by atoms with van der Waals surface area (Å²) in [4.78, 5) is 4.61. The lowest BCUT2D eigenvalue weighted by molar-refractivity contribution is 0.414. The SMILES string of the molecule is COc1c(-c2ccccc2)cc(C(C)(C)C)cc1-c1noc(-c2c(Cl)cccc2Cl)n1. The van der Waals surface area contributed by atoms with Gasteiger partial charge in [-0.25, -0.2) is 0 Å². The number of nitrogens with zero attached hydrogens (tertiary/aromatic N) is 2. The van der Waals surface area contributed by atoms with Gasteiger partial charge in [-0.05, 0) is 40.8 Å². The third-order valence-electron chi connectivity index (χ3n) is 5.09. The normalized spacial score (nSPS) is 11.5. The van der Waals surface area contributed by atoms with Gasteiger partial charge >= 0.3 is 0 Å². The average Bonchev–Trinajstić information content (AvgIpc) is 3.22. The van der Waals surface area contributed by atoms with E-state index in [0.717, 1.165) is 22.3 Å². The van der Waals surface area contributed by atoms with E-state index in [-0.39, 0.29) is 11.3 Å². The molecule has 0 bridgehead atoms. The van der Waals surface area contributed by atoms with Gasteiger partial charge in [-0.2, -0.15) is 4.98 Å². The fourth-order valence-corrected chi connectivity index (χ4v) is 3.98. The van der Waals surface area contributed by atoms with Crippen LogP contribution in [0.3, 0.4) is 0 Å². The largest absolute Gasteiger partial charge is 0.495 e. The molecular formula is C25H22Cl2N2O2. The highest BCUT2D eigenvalue weighted by Gasteiger charge is 2.24. The van der Waals surface area contributed by atoms with Crippen molar-refractivity contribution in [1.82, 2.24) is 10.1 Å². The number of benzene rings is 3. The van der Waals surface area contributed by atoms with Gasteiger partial charge in [0.05, 0.1) is 28.3 Å². The highest BCUT2D eigenvalue weighted by molar-refractivity contribution is 6.38. The molecule has 4 nitrogen and oxygen atoms in total. The molecule has 3 aromatic carbocycles. The third-order valence-corrected chi connectivity index (χ3v) is 5.72. The molecule has 4 rings (SSSR count). The molecular weight excluding hydrogens is 431 g/mol. The summed E-state index contributed by atoms with van der Waals surface area (Å²) in [5.74, 6) is 1.35. The van der Waals surface area contributed by atoms with E-state index >= 15 is 0 Å². The molecule has 4 aromatic rings. The van der Waals surface area contributed by atoms with E-state index in [0.29, 0.717) is 27.2 Å². The first kappa shape index (κ1) is 21.4.